The van der Waals surface area contributed by atoms with Gasteiger partial charge in [-0.15, -0.1) is 0 Å². The molecule has 6 nitrogen and oxygen atoms in total. The molecule has 1 aliphatic rings. The third-order valence-electron chi connectivity index (χ3n) is 3.36. The Hall–Kier alpha value is -1.85. The van der Waals surface area contributed by atoms with Gasteiger partial charge in [0.05, 0.1) is 5.92 Å². The first-order chi connectivity index (χ1) is 8.61. The summed E-state index contributed by atoms with van der Waals surface area (Å²) >= 11 is 0. The number of H-pyrrole nitrogens is 1. The minimum Gasteiger partial charge on any atom is -0.481 e. The number of nitrogens with zero attached hydrogens (tertiary/aromatic N) is 2. The zero-order valence-electron chi connectivity index (χ0n) is 10.3. The predicted octanol–water partition coefficient (Wildman–Crippen LogP) is 0.909. The van der Waals surface area contributed by atoms with Gasteiger partial charge in [0, 0.05) is 18.8 Å². The maximum atomic E-state index is 12.1. The Labute approximate surface area is 105 Å². The van der Waals surface area contributed by atoms with Gasteiger partial charge in [-0.2, -0.15) is 5.10 Å². The third-order valence-corrected chi connectivity index (χ3v) is 3.36. The van der Waals surface area contributed by atoms with Crippen molar-refractivity contribution in [1.29, 1.82) is 0 Å². The molecule has 1 fully saturated rings. The second kappa shape index (κ2) is 5.20. The van der Waals surface area contributed by atoms with Crippen LogP contribution in [-0.4, -0.2) is 45.2 Å². The van der Waals surface area contributed by atoms with E-state index in [4.69, 9.17) is 5.11 Å². The smallest absolute Gasteiger partial charge is 0.306 e. The molecular formula is C12H17N3O3. The van der Waals surface area contributed by atoms with E-state index in [0.717, 1.165) is 12.1 Å². The molecule has 1 aromatic rings. The van der Waals surface area contributed by atoms with E-state index >= 15 is 0 Å². The summed E-state index contributed by atoms with van der Waals surface area (Å²) in [5, 5.41) is 15.7. The molecule has 2 heterocycles. The molecule has 0 radical (unpaired) electrons. The van der Waals surface area contributed by atoms with Gasteiger partial charge in [-0.05, 0) is 25.3 Å². The molecular weight excluding hydrogens is 234 g/mol. The number of aryl methyl sites for hydroxylation is 1. The fraction of sp³-hybridized carbons (Fsp3) is 0.583. The Balaban J connectivity index is 1.97. The number of carbonyl (C=O) groups excluding carboxylic acids is 1. The minimum absolute atomic E-state index is 0.116. The van der Waals surface area contributed by atoms with Crippen LogP contribution < -0.4 is 0 Å². The average molecular weight is 251 g/mol. The van der Waals surface area contributed by atoms with Gasteiger partial charge in [0.15, 0.2) is 0 Å². The fourth-order valence-electron chi connectivity index (χ4n) is 2.14. The Kier molecular flexibility index (Phi) is 3.64. The third kappa shape index (κ3) is 2.52. The first-order valence-corrected chi connectivity index (χ1v) is 6.18. The van der Waals surface area contributed by atoms with Gasteiger partial charge in [0.25, 0.3) is 5.91 Å². The van der Waals surface area contributed by atoms with Crippen molar-refractivity contribution in [1.82, 2.24) is 15.1 Å². The maximum Gasteiger partial charge on any atom is 0.306 e. The normalized spacial score (nSPS) is 16.8. The fourth-order valence-corrected chi connectivity index (χ4v) is 2.14. The number of carboxylic acids is 1. The summed E-state index contributed by atoms with van der Waals surface area (Å²) in [5.41, 5.74) is 1.35. The van der Waals surface area contributed by atoms with Crippen LogP contribution in [0.1, 0.15) is 35.9 Å². The lowest BCUT2D eigenvalue weighted by molar-refractivity contribution is -0.143. The van der Waals surface area contributed by atoms with Crippen LogP contribution in [0.3, 0.4) is 0 Å². The number of carboxylic acid groups (broad SMARTS) is 1. The average Bonchev–Trinajstić information content (AvgIpc) is 2.86. The summed E-state index contributed by atoms with van der Waals surface area (Å²) in [5.74, 6) is -1.20. The Morgan fingerprint density at radius 3 is 2.67 bits per heavy atom. The van der Waals surface area contributed by atoms with E-state index in [1.807, 2.05) is 6.92 Å². The topological polar surface area (TPSA) is 86.3 Å². The molecule has 0 atom stereocenters. The lowest BCUT2D eigenvalue weighted by Crippen LogP contribution is -2.40. The van der Waals surface area contributed by atoms with Crippen molar-refractivity contribution in [2.45, 2.75) is 26.2 Å². The summed E-state index contributed by atoms with van der Waals surface area (Å²) in [6.07, 6.45) is 1.85. The van der Waals surface area contributed by atoms with E-state index in [9.17, 15) is 9.59 Å². The van der Waals surface area contributed by atoms with Crippen LogP contribution in [0.15, 0.2) is 6.07 Å². The lowest BCUT2D eigenvalue weighted by atomic mass is 9.97. The Bertz CT molecular complexity index is 447. The van der Waals surface area contributed by atoms with Gasteiger partial charge in [0.1, 0.15) is 5.69 Å². The van der Waals surface area contributed by atoms with Crippen molar-refractivity contribution in [3.63, 3.8) is 0 Å². The molecule has 98 valence electrons. The van der Waals surface area contributed by atoms with Crippen LogP contribution in [-0.2, 0) is 11.2 Å². The molecule has 1 amide bonds. The monoisotopic (exact) mass is 251 g/mol. The second-order valence-corrected chi connectivity index (χ2v) is 4.54. The van der Waals surface area contributed by atoms with E-state index in [1.54, 1.807) is 11.0 Å². The molecule has 0 aliphatic carbocycles. The van der Waals surface area contributed by atoms with Gasteiger partial charge in [-0.1, -0.05) is 6.92 Å². The number of hydrogen-bond acceptors (Lipinski definition) is 3. The molecule has 1 saturated heterocycles. The number of piperidine rings is 1. The number of aromatic amines is 1. The second-order valence-electron chi connectivity index (χ2n) is 4.54. The van der Waals surface area contributed by atoms with Crippen LogP contribution in [0.25, 0.3) is 0 Å². The number of aromatic nitrogens is 2. The van der Waals surface area contributed by atoms with E-state index in [1.165, 1.54) is 0 Å². The zero-order chi connectivity index (χ0) is 13.1. The largest absolute Gasteiger partial charge is 0.481 e. The van der Waals surface area contributed by atoms with Gasteiger partial charge < -0.3 is 10.0 Å². The predicted molar refractivity (Wildman–Crippen MR) is 64.2 cm³/mol. The zero-order valence-corrected chi connectivity index (χ0v) is 10.3. The van der Waals surface area contributed by atoms with Crippen molar-refractivity contribution in [3.8, 4) is 0 Å². The van der Waals surface area contributed by atoms with Gasteiger partial charge in [-0.3, -0.25) is 14.7 Å². The number of hydrogen-bond donors (Lipinski definition) is 2. The number of likely N-dealkylation sites (tertiary alicyclic amines) is 1. The Morgan fingerprint density at radius 1 is 1.50 bits per heavy atom. The molecule has 1 aromatic heterocycles. The molecule has 2 rings (SSSR count). The molecule has 2 N–H and O–H groups in total. The summed E-state index contributed by atoms with van der Waals surface area (Å²) in [4.78, 5) is 24.6. The quantitative estimate of drug-likeness (QED) is 0.836. The van der Waals surface area contributed by atoms with E-state index < -0.39 is 5.97 Å². The SMILES string of the molecule is CCc1cc(C(=O)N2CCC(C(=O)O)CC2)n[nH]1. The molecule has 6 heteroatoms. The first kappa shape index (κ1) is 12.6. The highest BCUT2D eigenvalue weighted by Crippen LogP contribution is 2.18. The van der Waals surface area contributed by atoms with Crippen LogP contribution in [0.5, 0.6) is 0 Å². The van der Waals surface area contributed by atoms with E-state index in [0.29, 0.717) is 31.6 Å². The van der Waals surface area contributed by atoms with Crippen LogP contribution >= 0.6 is 0 Å². The maximum absolute atomic E-state index is 12.1. The minimum atomic E-state index is -0.768. The lowest BCUT2D eigenvalue weighted by Gasteiger charge is -2.29. The number of carbonyl (C=O) groups is 2. The van der Waals surface area contributed by atoms with E-state index in [-0.39, 0.29) is 11.8 Å². The summed E-state index contributed by atoms with van der Waals surface area (Å²) in [6, 6.07) is 1.76. The van der Waals surface area contributed by atoms with Gasteiger partial charge in [0.2, 0.25) is 0 Å². The number of nitrogens with one attached hydrogen (secondary N) is 1. The highest BCUT2D eigenvalue weighted by molar-refractivity contribution is 5.92. The van der Waals surface area contributed by atoms with Gasteiger partial charge >= 0.3 is 5.97 Å². The summed E-state index contributed by atoms with van der Waals surface area (Å²) in [6.45, 7) is 2.97. The number of amides is 1. The number of rotatable bonds is 3. The van der Waals surface area contributed by atoms with Crippen molar-refractivity contribution in [2.75, 3.05) is 13.1 Å². The Morgan fingerprint density at radius 2 is 2.17 bits per heavy atom. The van der Waals surface area contributed by atoms with Crippen molar-refractivity contribution < 1.29 is 14.7 Å². The number of aliphatic carboxylic acids is 1. The van der Waals surface area contributed by atoms with Crippen LogP contribution in [0, 0.1) is 5.92 Å². The van der Waals surface area contributed by atoms with Crippen molar-refractivity contribution in [2.24, 2.45) is 5.92 Å². The summed E-state index contributed by atoms with van der Waals surface area (Å²) in [7, 11) is 0. The standard InChI is InChI=1S/C12H17N3O3/c1-2-9-7-10(14-13-9)11(16)15-5-3-8(4-6-15)12(17)18/h7-8H,2-6H2,1H3,(H,13,14)(H,17,18). The molecule has 0 spiro atoms. The highest BCUT2D eigenvalue weighted by atomic mass is 16.4. The molecule has 0 unspecified atom stereocenters. The molecule has 18 heavy (non-hydrogen) atoms. The summed E-state index contributed by atoms with van der Waals surface area (Å²) < 4.78 is 0. The molecule has 1 aliphatic heterocycles. The van der Waals surface area contributed by atoms with E-state index in [2.05, 4.69) is 10.2 Å². The van der Waals surface area contributed by atoms with Crippen molar-refractivity contribution >= 4 is 11.9 Å². The van der Waals surface area contributed by atoms with Crippen LogP contribution in [0.4, 0.5) is 0 Å². The first-order valence-electron chi connectivity index (χ1n) is 6.18. The molecule has 0 bridgehead atoms. The molecule has 0 aromatic carbocycles. The molecule has 0 saturated carbocycles. The van der Waals surface area contributed by atoms with Crippen LogP contribution in [0.2, 0.25) is 0 Å². The highest BCUT2D eigenvalue weighted by Gasteiger charge is 2.28. The van der Waals surface area contributed by atoms with Gasteiger partial charge in [-0.25, -0.2) is 0 Å². The van der Waals surface area contributed by atoms with Crippen molar-refractivity contribution in [3.05, 3.63) is 17.5 Å².